The highest BCUT2D eigenvalue weighted by Gasteiger charge is 2.09. The maximum atomic E-state index is 12.1. The lowest BCUT2D eigenvalue weighted by Gasteiger charge is -2.11. The lowest BCUT2D eigenvalue weighted by atomic mass is 10.0. The number of carbonyl (C=O) groups excluding carboxylic acids is 2. The van der Waals surface area contributed by atoms with Crippen LogP contribution in [0.5, 0.6) is 0 Å². The maximum Gasteiger partial charge on any atom is 0.251 e. The first-order chi connectivity index (χ1) is 9.97. The fourth-order valence-electron chi connectivity index (χ4n) is 2.20. The van der Waals surface area contributed by atoms with E-state index in [4.69, 9.17) is 0 Å². The van der Waals surface area contributed by atoms with Gasteiger partial charge in [-0.05, 0) is 42.3 Å². The number of fused-ring (bicyclic) bond motifs is 1. The highest BCUT2D eigenvalue weighted by molar-refractivity contribution is 5.99. The molecule has 0 heterocycles. The second kappa shape index (κ2) is 6.39. The molecule has 0 saturated heterocycles. The largest absolute Gasteiger partial charge is 0.352 e. The third-order valence-electron chi connectivity index (χ3n) is 3.18. The summed E-state index contributed by atoms with van der Waals surface area (Å²) in [5, 5.41) is 7.72. The predicted molar refractivity (Wildman–Crippen MR) is 84.1 cm³/mol. The van der Waals surface area contributed by atoms with Crippen molar-refractivity contribution in [3.63, 3.8) is 0 Å². The molecule has 0 radical (unpaired) electrons. The minimum absolute atomic E-state index is 0.0688. The molecule has 0 aliphatic rings. The SMILES string of the molecule is CC(=O)NCc1cccc2ccc(C(=O)NC(C)C)cc12. The van der Waals surface area contributed by atoms with Gasteiger partial charge < -0.3 is 10.6 Å². The number of carbonyl (C=O) groups is 2. The van der Waals surface area contributed by atoms with E-state index in [0.29, 0.717) is 12.1 Å². The number of nitrogens with one attached hydrogen (secondary N) is 2. The van der Waals surface area contributed by atoms with Gasteiger partial charge in [0, 0.05) is 25.1 Å². The van der Waals surface area contributed by atoms with Gasteiger partial charge in [0.25, 0.3) is 5.91 Å². The van der Waals surface area contributed by atoms with E-state index in [2.05, 4.69) is 10.6 Å². The van der Waals surface area contributed by atoms with Gasteiger partial charge in [-0.2, -0.15) is 0 Å². The standard InChI is InChI=1S/C17H20N2O2/c1-11(2)19-17(21)14-8-7-13-5-4-6-15(16(13)9-14)10-18-12(3)20/h4-9,11H,10H2,1-3H3,(H,18,20)(H,19,21). The molecular formula is C17H20N2O2. The topological polar surface area (TPSA) is 58.2 Å². The smallest absolute Gasteiger partial charge is 0.251 e. The summed E-state index contributed by atoms with van der Waals surface area (Å²) in [4.78, 5) is 23.2. The molecule has 4 nitrogen and oxygen atoms in total. The number of hydrogen-bond acceptors (Lipinski definition) is 2. The van der Waals surface area contributed by atoms with Gasteiger partial charge in [0.1, 0.15) is 0 Å². The van der Waals surface area contributed by atoms with Crippen molar-refractivity contribution in [2.45, 2.75) is 33.4 Å². The lowest BCUT2D eigenvalue weighted by Crippen LogP contribution is -2.30. The Labute approximate surface area is 124 Å². The van der Waals surface area contributed by atoms with Crippen LogP contribution in [0.4, 0.5) is 0 Å². The number of amides is 2. The third kappa shape index (κ3) is 3.81. The number of rotatable bonds is 4. The molecule has 0 aliphatic carbocycles. The zero-order chi connectivity index (χ0) is 15.4. The first kappa shape index (κ1) is 15.0. The summed E-state index contributed by atoms with van der Waals surface area (Å²) in [6.07, 6.45) is 0. The molecule has 0 bridgehead atoms. The quantitative estimate of drug-likeness (QED) is 0.906. The van der Waals surface area contributed by atoms with Crippen LogP contribution in [0, 0.1) is 0 Å². The average molecular weight is 284 g/mol. The van der Waals surface area contributed by atoms with Crippen molar-refractivity contribution in [2.75, 3.05) is 0 Å². The van der Waals surface area contributed by atoms with Crippen LogP contribution < -0.4 is 10.6 Å². The van der Waals surface area contributed by atoms with Gasteiger partial charge in [-0.3, -0.25) is 9.59 Å². The van der Waals surface area contributed by atoms with Crippen LogP contribution in [0.3, 0.4) is 0 Å². The molecule has 0 fully saturated rings. The van der Waals surface area contributed by atoms with Gasteiger partial charge in [-0.15, -0.1) is 0 Å². The van der Waals surface area contributed by atoms with Gasteiger partial charge in [-0.25, -0.2) is 0 Å². The summed E-state index contributed by atoms with van der Waals surface area (Å²) in [5.74, 6) is -0.151. The lowest BCUT2D eigenvalue weighted by molar-refractivity contribution is -0.119. The molecule has 0 atom stereocenters. The molecule has 21 heavy (non-hydrogen) atoms. The molecule has 2 aromatic carbocycles. The van der Waals surface area contributed by atoms with Crippen LogP contribution in [0.15, 0.2) is 36.4 Å². The number of hydrogen-bond donors (Lipinski definition) is 2. The van der Waals surface area contributed by atoms with Crippen LogP contribution in [0.2, 0.25) is 0 Å². The molecule has 2 rings (SSSR count). The molecule has 110 valence electrons. The summed E-state index contributed by atoms with van der Waals surface area (Å²) in [7, 11) is 0. The van der Waals surface area contributed by atoms with Gasteiger partial charge >= 0.3 is 0 Å². The highest BCUT2D eigenvalue weighted by Crippen LogP contribution is 2.20. The third-order valence-corrected chi connectivity index (χ3v) is 3.18. The van der Waals surface area contributed by atoms with Crippen molar-refractivity contribution in [3.8, 4) is 0 Å². The van der Waals surface area contributed by atoms with Crippen molar-refractivity contribution >= 4 is 22.6 Å². The summed E-state index contributed by atoms with van der Waals surface area (Å²) in [5.41, 5.74) is 1.63. The minimum Gasteiger partial charge on any atom is -0.352 e. The predicted octanol–water partition coefficient (Wildman–Crippen LogP) is 2.61. The summed E-state index contributed by atoms with van der Waals surface area (Å²) >= 11 is 0. The van der Waals surface area contributed by atoms with E-state index in [0.717, 1.165) is 16.3 Å². The van der Waals surface area contributed by atoms with E-state index in [1.807, 2.05) is 50.2 Å². The van der Waals surface area contributed by atoms with Crippen molar-refractivity contribution in [2.24, 2.45) is 0 Å². The normalized spacial score (nSPS) is 10.7. The van der Waals surface area contributed by atoms with Crippen molar-refractivity contribution in [3.05, 3.63) is 47.5 Å². The van der Waals surface area contributed by atoms with E-state index in [9.17, 15) is 9.59 Å². The second-order valence-electron chi connectivity index (χ2n) is 5.39. The minimum atomic E-state index is -0.0822. The molecular weight excluding hydrogens is 264 g/mol. The Morgan fingerprint density at radius 2 is 1.90 bits per heavy atom. The Kier molecular flexibility index (Phi) is 4.58. The zero-order valence-corrected chi connectivity index (χ0v) is 12.6. The van der Waals surface area contributed by atoms with Gasteiger partial charge in [-0.1, -0.05) is 24.3 Å². The summed E-state index contributed by atoms with van der Waals surface area (Å²) in [6.45, 7) is 5.82. The zero-order valence-electron chi connectivity index (χ0n) is 12.6. The van der Waals surface area contributed by atoms with E-state index in [1.165, 1.54) is 6.92 Å². The van der Waals surface area contributed by atoms with Crippen LogP contribution in [-0.4, -0.2) is 17.9 Å². The van der Waals surface area contributed by atoms with Crippen molar-refractivity contribution in [1.82, 2.24) is 10.6 Å². The Hall–Kier alpha value is -2.36. The molecule has 4 heteroatoms. The molecule has 0 saturated carbocycles. The van der Waals surface area contributed by atoms with Gasteiger partial charge in [0.2, 0.25) is 5.91 Å². The Morgan fingerprint density at radius 3 is 2.57 bits per heavy atom. The second-order valence-corrected chi connectivity index (χ2v) is 5.39. The van der Waals surface area contributed by atoms with Crippen molar-refractivity contribution < 1.29 is 9.59 Å². The van der Waals surface area contributed by atoms with E-state index < -0.39 is 0 Å². The van der Waals surface area contributed by atoms with Crippen LogP contribution in [0.1, 0.15) is 36.7 Å². The Bertz CT molecular complexity index is 678. The van der Waals surface area contributed by atoms with E-state index >= 15 is 0 Å². The molecule has 2 aromatic rings. The Morgan fingerprint density at radius 1 is 1.14 bits per heavy atom. The fraction of sp³-hybridized carbons (Fsp3) is 0.294. The van der Waals surface area contributed by atoms with Gasteiger partial charge in [0.05, 0.1) is 0 Å². The van der Waals surface area contributed by atoms with Crippen molar-refractivity contribution in [1.29, 1.82) is 0 Å². The van der Waals surface area contributed by atoms with E-state index in [-0.39, 0.29) is 17.9 Å². The average Bonchev–Trinajstić information content (AvgIpc) is 2.43. The summed E-state index contributed by atoms with van der Waals surface area (Å²) in [6, 6.07) is 11.6. The Balaban J connectivity index is 2.37. The van der Waals surface area contributed by atoms with Crippen LogP contribution >= 0.6 is 0 Å². The highest BCUT2D eigenvalue weighted by atomic mass is 16.2. The number of benzene rings is 2. The van der Waals surface area contributed by atoms with Crippen LogP contribution in [0.25, 0.3) is 10.8 Å². The van der Waals surface area contributed by atoms with Crippen LogP contribution in [-0.2, 0) is 11.3 Å². The maximum absolute atomic E-state index is 12.1. The molecule has 0 unspecified atom stereocenters. The van der Waals surface area contributed by atoms with Gasteiger partial charge in [0.15, 0.2) is 0 Å². The first-order valence-electron chi connectivity index (χ1n) is 7.04. The molecule has 2 amide bonds. The molecule has 0 aliphatic heterocycles. The molecule has 2 N–H and O–H groups in total. The fourth-order valence-corrected chi connectivity index (χ4v) is 2.20. The van der Waals surface area contributed by atoms with E-state index in [1.54, 1.807) is 0 Å². The first-order valence-corrected chi connectivity index (χ1v) is 7.04. The molecule has 0 spiro atoms. The summed E-state index contributed by atoms with van der Waals surface area (Å²) < 4.78 is 0. The molecule has 0 aromatic heterocycles. The monoisotopic (exact) mass is 284 g/mol.